The van der Waals surface area contributed by atoms with Crippen LogP contribution in [0.25, 0.3) is 0 Å². The quantitative estimate of drug-likeness (QED) is 0.677. The molecule has 0 aromatic heterocycles. The van der Waals surface area contributed by atoms with Crippen LogP contribution in [0.4, 0.5) is 10.1 Å². The number of ether oxygens (including phenoxy) is 3. The second kappa shape index (κ2) is 8.78. The van der Waals surface area contributed by atoms with Crippen molar-refractivity contribution in [1.82, 2.24) is 4.90 Å². The Hall–Kier alpha value is -3.53. The number of carboxylic acid groups (broad SMARTS) is 1. The van der Waals surface area contributed by atoms with E-state index in [9.17, 15) is 24.2 Å². The molecule has 10 heteroatoms. The Morgan fingerprint density at radius 2 is 2.00 bits per heavy atom. The minimum absolute atomic E-state index is 0.116. The van der Waals surface area contributed by atoms with E-state index < -0.39 is 30.0 Å². The lowest BCUT2D eigenvalue weighted by Crippen LogP contribution is -2.61. The van der Waals surface area contributed by atoms with E-state index in [4.69, 9.17) is 14.2 Å². The maximum absolute atomic E-state index is 13.9. The van der Waals surface area contributed by atoms with Gasteiger partial charge in [-0.25, -0.2) is 4.39 Å². The highest BCUT2D eigenvalue weighted by Gasteiger charge is 2.47. The van der Waals surface area contributed by atoms with Crippen LogP contribution >= 0.6 is 0 Å². The molecule has 2 N–H and O–H groups in total. The third-order valence-corrected chi connectivity index (χ3v) is 5.81. The molecule has 1 unspecified atom stereocenters. The highest BCUT2D eigenvalue weighted by molar-refractivity contribution is 6.02. The molecule has 1 amide bonds. The fraction of sp³-hybridized carbons (Fsp3) is 0.391. The summed E-state index contributed by atoms with van der Waals surface area (Å²) in [5, 5.41) is 20.0. The first kappa shape index (κ1) is 22.7. The molecule has 1 atom stereocenters. The molecule has 2 heterocycles. The van der Waals surface area contributed by atoms with Crippen LogP contribution in [0.3, 0.4) is 0 Å². The van der Waals surface area contributed by atoms with Crippen LogP contribution in [0.5, 0.6) is 17.2 Å². The number of phenols is 1. The zero-order valence-corrected chi connectivity index (χ0v) is 18.3. The van der Waals surface area contributed by atoms with Crippen LogP contribution in [-0.4, -0.2) is 72.2 Å². The molecular weight excluding hydrogens is 435 g/mol. The molecule has 0 saturated carbocycles. The molecule has 4 rings (SSSR count). The third-order valence-electron chi connectivity index (χ3n) is 5.81. The summed E-state index contributed by atoms with van der Waals surface area (Å²) in [6.07, 6.45) is 0. The molecule has 2 aliphatic rings. The van der Waals surface area contributed by atoms with E-state index >= 15 is 0 Å². The number of rotatable bonds is 6. The van der Waals surface area contributed by atoms with Crippen LogP contribution in [-0.2, 0) is 9.53 Å². The van der Waals surface area contributed by atoms with Gasteiger partial charge in [0.15, 0.2) is 0 Å². The van der Waals surface area contributed by atoms with Gasteiger partial charge < -0.3 is 29.3 Å². The van der Waals surface area contributed by atoms with E-state index in [0.717, 1.165) is 4.90 Å². The average molecular weight is 460 g/mol. The highest BCUT2D eigenvalue weighted by Crippen LogP contribution is 2.42. The summed E-state index contributed by atoms with van der Waals surface area (Å²) >= 11 is 0. The summed E-state index contributed by atoms with van der Waals surface area (Å²) < 4.78 is 31.2. The third kappa shape index (κ3) is 4.38. The number of morpholine rings is 1. The van der Waals surface area contributed by atoms with Gasteiger partial charge in [-0.2, -0.15) is 0 Å². The number of carbonyl (C=O) groups excluding carboxylic acids is 1. The Balaban J connectivity index is 1.69. The zero-order chi connectivity index (χ0) is 23.8. The molecule has 0 bridgehead atoms. The first-order valence-corrected chi connectivity index (χ1v) is 10.5. The van der Waals surface area contributed by atoms with Crippen molar-refractivity contribution >= 4 is 17.6 Å². The van der Waals surface area contributed by atoms with Crippen LogP contribution in [0, 0.1) is 12.7 Å². The summed E-state index contributed by atoms with van der Waals surface area (Å²) in [4.78, 5) is 27.8. The Kier molecular flexibility index (Phi) is 6.03. The van der Waals surface area contributed by atoms with Crippen molar-refractivity contribution in [2.24, 2.45) is 0 Å². The Bertz CT molecular complexity index is 1090. The second-order valence-corrected chi connectivity index (χ2v) is 8.15. The van der Waals surface area contributed by atoms with Crippen molar-refractivity contribution < 1.29 is 38.4 Å². The van der Waals surface area contributed by atoms with Gasteiger partial charge in [0.1, 0.15) is 41.8 Å². The molecule has 9 nitrogen and oxygen atoms in total. The second-order valence-electron chi connectivity index (χ2n) is 8.15. The van der Waals surface area contributed by atoms with Crippen LogP contribution in [0.15, 0.2) is 30.3 Å². The molecule has 2 aromatic carbocycles. The van der Waals surface area contributed by atoms with E-state index in [0.29, 0.717) is 32.0 Å². The Labute approximate surface area is 189 Å². The molecule has 2 aromatic rings. The summed E-state index contributed by atoms with van der Waals surface area (Å²) in [5.74, 6) is -2.35. The number of benzene rings is 2. The molecule has 33 heavy (non-hydrogen) atoms. The predicted molar refractivity (Wildman–Crippen MR) is 115 cm³/mol. The minimum atomic E-state index is -1.53. The van der Waals surface area contributed by atoms with E-state index in [1.54, 1.807) is 19.1 Å². The molecule has 0 spiro atoms. The predicted octanol–water partition coefficient (Wildman–Crippen LogP) is 2.39. The molecule has 1 fully saturated rings. The number of aromatic hydroxyl groups is 1. The average Bonchev–Trinajstić information content (AvgIpc) is 2.77. The number of halogens is 1. The van der Waals surface area contributed by atoms with Gasteiger partial charge in [0.05, 0.1) is 13.2 Å². The Morgan fingerprint density at radius 1 is 1.27 bits per heavy atom. The van der Waals surface area contributed by atoms with E-state index in [1.807, 2.05) is 4.90 Å². The van der Waals surface area contributed by atoms with Crippen LogP contribution < -0.4 is 14.4 Å². The van der Waals surface area contributed by atoms with Crippen molar-refractivity contribution in [2.75, 3.05) is 44.4 Å². The molecule has 2 aliphatic heterocycles. The molecule has 176 valence electrons. The van der Waals surface area contributed by atoms with E-state index in [-0.39, 0.29) is 35.0 Å². The maximum atomic E-state index is 13.9. The summed E-state index contributed by atoms with van der Waals surface area (Å²) in [6, 6.07) is 7.46. The number of fused-ring (bicyclic) bond motifs is 1. The fourth-order valence-corrected chi connectivity index (χ4v) is 3.97. The first-order chi connectivity index (χ1) is 15.7. The van der Waals surface area contributed by atoms with Gasteiger partial charge in [-0.15, -0.1) is 0 Å². The van der Waals surface area contributed by atoms with Crippen LogP contribution in [0.1, 0.15) is 22.8 Å². The number of amides is 1. The van der Waals surface area contributed by atoms with Gasteiger partial charge >= 0.3 is 5.97 Å². The van der Waals surface area contributed by atoms with Crippen molar-refractivity contribution in [2.45, 2.75) is 19.6 Å². The lowest BCUT2D eigenvalue weighted by Gasteiger charge is -2.44. The highest BCUT2D eigenvalue weighted by atomic mass is 19.1. The van der Waals surface area contributed by atoms with Gasteiger partial charge in [0.2, 0.25) is 5.72 Å². The van der Waals surface area contributed by atoms with Gasteiger partial charge in [0, 0.05) is 36.5 Å². The normalized spacial score (nSPS) is 20.3. The molecule has 0 aliphatic carbocycles. The largest absolute Gasteiger partial charge is 0.507 e. The number of phenolic OH excluding ortho intramolecular Hbond substituents is 1. The van der Waals surface area contributed by atoms with Gasteiger partial charge in [-0.1, -0.05) is 6.07 Å². The fourth-order valence-electron chi connectivity index (χ4n) is 3.97. The number of carboxylic acids is 1. The number of carbonyl (C=O) groups is 2. The summed E-state index contributed by atoms with van der Waals surface area (Å²) in [5.41, 5.74) is -0.719. The number of hydrogen-bond acceptors (Lipinski definition) is 7. The summed E-state index contributed by atoms with van der Waals surface area (Å²) in [7, 11) is 0. The van der Waals surface area contributed by atoms with Gasteiger partial charge in [-0.05, 0) is 26.0 Å². The minimum Gasteiger partial charge on any atom is -0.507 e. The smallest absolute Gasteiger partial charge is 0.323 e. The number of hydrogen-bond donors (Lipinski definition) is 2. The van der Waals surface area contributed by atoms with Crippen molar-refractivity contribution in [3.8, 4) is 17.2 Å². The number of aliphatic carboxylic acids is 1. The molecule has 1 saturated heterocycles. The topological polar surface area (TPSA) is 109 Å². The van der Waals surface area contributed by atoms with Crippen LogP contribution in [0.2, 0.25) is 0 Å². The SMILES string of the molecule is Cc1c(F)cccc1OCC1(C)Oc2cc(N3CCOCC3)cc(O)c2C(=O)N1CC(=O)O. The number of anilines is 1. The lowest BCUT2D eigenvalue weighted by molar-refractivity contribution is -0.145. The summed E-state index contributed by atoms with van der Waals surface area (Å²) in [6.45, 7) is 4.40. The van der Waals surface area contributed by atoms with Crippen molar-refractivity contribution in [3.05, 3.63) is 47.3 Å². The van der Waals surface area contributed by atoms with Gasteiger partial charge in [0.25, 0.3) is 5.91 Å². The standard InChI is InChI=1S/C23H25FN2O7/c1-14-16(24)4-3-5-18(14)32-13-23(2)26(12-20(28)29)22(30)21-17(27)10-15(11-19(21)33-23)25-6-8-31-9-7-25/h3-5,10-11,27H,6-9,12-13H2,1-2H3,(H,28,29). The monoisotopic (exact) mass is 460 g/mol. The Morgan fingerprint density at radius 3 is 2.70 bits per heavy atom. The van der Waals surface area contributed by atoms with E-state index in [1.165, 1.54) is 25.1 Å². The van der Waals surface area contributed by atoms with E-state index in [2.05, 4.69) is 0 Å². The van der Waals surface area contributed by atoms with Crippen molar-refractivity contribution in [3.63, 3.8) is 0 Å². The maximum Gasteiger partial charge on any atom is 0.323 e. The molecule has 0 radical (unpaired) electrons. The van der Waals surface area contributed by atoms with Gasteiger partial charge in [-0.3, -0.25) is 14.5 Å². The lowest BCUT2D eigenvalue weighted by atomic mass is 10.0. The first-order valence-electron chi connectivity index (χ1n) is 10.5. The molecular formula is C23H25FN2O7. The number of nitrogens with zero attached hydrogens (tertiary/aromatic N) is 2. The zero-order valence-electron chi connectivity index (χ0n) is 18.3. The van der Waals surface area contributed by atoms with Crippen molar-refractivity contribution in [1.29, 1.82) is 0 Å².